The van der Waals surface area contributed by atoms with Crippen molar-refractivity contribution in [2.24, 2.45) is 5.92 Å². The van der Waals surface area contributed by atoms with Gasteiger partial charge in [-0.15, -0.1) is 0 Å². The normalized spacial score (nSPS) is 21.5. The van der Waals surface area contributed by atoms with E-state index in [2.05, 4.69) is 0 Å². The molecular weight excluding hydrogens is 331 g/mol. The second-order valence-electron chi connectivity index (χ2n) is 6.48. The Morgan fingerprint density at radius 3 is 2.72 bits per heavy atom. The highest BCUT2D eigenvalue weighted by Crippen LogP contribution is 2.36. The summed E-state index contributed by atoms with van der Waals surface area (Å²) >= 11 is 0. The van der Waals surface area contributed by atoms with Gasteiger partial charge in [-0.1, -0.05) is 0 Å². The van der Waals surface area contributed by atoms with Crippen LogP contribution >= 0.6 is 0 Å². The van der Waals surface area contributed by atoms with Crippen molar-refractivity contribution >= 4 is 11.4 Å². The molecule has 0 aliphatic carbocycles. The number of halogens is 1. The third-order valence-corrected chi connectivity index (χ3v) is 4.81. The molecule has 1 aromatic rings. The lowest BCUT2D eigenvalue weighted by Gasteiger charge is -2.33. The molecule has 2 saturated heterocycles. The van der Waals surface area contributed by atoms with Crippen LogP contribution in [0.5, 0.6) is 5.75 Å². The quantitative estimate of drug-likeness (QED) is 0.578. The maximum absolute atomic E-state index is 14.1. The Kier molecular flexibility index (Phi) is 5.70. The summed E-state index contributed by atoms with van der Waals surface area (Å²) < 4.78 is 30.4. The van der Waals surface area contributed by atoms with Crippen molar-refractivity contribution in [2.75, 3.05) is 44.9 Å². The molecule has 25 heavy (non-hydrogen) atoms. The molecule has 3 rings (SSSR count). The van der Waals surface area contributed by atoms with E-state index in [1.807, 2.05) is 4.90 Å². The van der Waals surface area contributed by atoms with Crippen molar-refractivity contribution in [3.63, 3.8) is 0 Å². The lowest BCUT2D eigenvalue weighted by Crippen LogP contribution is -2.38. The van der Waals surface area contributed by atoms with Gasteiger partial charge in [0.05, 0.1) is 31.4 Å². The molecule has 2 aliphatic heterocycles. The predicted molar refractivity (Wildman–Crippen MR) is 89.7 cm³/mol. The van der Waals surface area contributed by atoms with E-state index in [-0.39, 0.29) is 17.5 Å². The monoisotopic (exact) mass is 354 g/mol. The van der Waals surface area contributed by atoms with Crippen LogP contribution in [0, 0.1) is 21.8 Å². The van der Waals surface area contributed by atoms with E-state index in [1.54, 1.807) is 0 Å². The van der Waals surface area contributed by atoms with Crippen LogP contribution in [0.15, 0.2) is 12.1 Å². The molecule has 138 valence electrons. The molecule has 2 fully saturated rings. The van der Waals surface area contributed by atoms with Gasteiger partial charge in [0.25, 0.3) is 0 Å². The smallest absolute Gasteiger partial charge is 0.328 e. The first-order chi connectivity index (χ1) is 12.1. The molecule has 0 radical (unpaired) electrons. The second-order valence-corrected chi connectivity index (χ2v) is 6.48. The van der Waals surface area contributed by atoms with Gasteiger partial charge < -0.3 is 19.1 Å². The lowest BCUT2D eigenvalue weighted by molar-refractivity contribution is -0.386. The number of hydrogen-bond donors (Lipinski definition) is 0. The summed E-state index contributed by atoms with van der Waals surface area (Å²) in [6.45, 7) is 3.42. The third kappa shape index (κ3) is 4.19. The number of hydrogen-bond acceptors (Lipinski definition) is 6. The van der Waals surface area contributed by atoms with Crippen molar-refractivity contribution in [1.82, 2.24) is 0 Å². The molecule has 0 amide bonds. The molecule has 0 saturated carbocycles. The van der Waals surface area contributed by atoms with Crippen LogP contribution in [0.1, 0.15) is 19.3 Å². The SMILES string of the molecule is COc1cc(F)c([N+](=O)[O-])c(N2CCC(OCC3CCOC3)CC2)c1. The number of benzene rings is 1. The fourth-order valence-electron chi connectivity index (χ4n) is 3.35. The molecule has 2 heterocycles. The Balaban J connectivity index is 1.63. The summed E-state index contributed by atoms with van der Waals surface area (Å²) in [6.07, 6.45) is 2.67. The van der Waals surface area contributed by atoms with Crippen molar-refractivity contribution in [3.8, 4) is 5.75 Å². The zero-order valence-corrected chi connectivity index (χ0v) is 14.3. The van der Waals surface area contributed by atoms with Crippen LogP contribution in [0.3, 0.4) is 0 Å². The standard InChI is InChI=1S/C17H23FN2O5/c1-23-14-8-15(18)17(20(21)22)16(9-14)19-5-2-13(3-6-19)25-11-12-4-7-24-10-12/h8-9,12-13H,2-7,10-11H2,1H3. The van der Waals surface area contributed by atoms with E-state index < -0.39 is 16.4 Å². The summed E-state index contributed by atoms with van der Waals surface area (Å²) in [6, 6.07) is 2.57. The van der Waals surface area contributed by atoms with E-state index >= 15 is 0 Å². The molecule has 1 atom stereocenters. The molecule has 2 aliphatic rings. The Morgan fingerprint density at radius 2 is 2.12 bits per heavy atom. The first-order valence-electron chi connectivity index (χ1n) is 8.54. The van der Waals surface area contributed by atoms with Gasteiger partial charge in [-0.2, -0.15) is 4.39 Å². The van der Waals surface area contributed by atoms with Crippen LogP contribution in [-0.2, 0) is 9.47 Å². The maximum atomic E-state index is 14.1. The van der Waals surface area contributed by atoms with Gasteiger partial charge in [-0.25, -0.2) is 0 Å². The Bertz CT molecular complexity index is 613. The summed E-state index contributed by atoms with van der Waals surface area (Å²) in [5, 5.41) is 11.3. The number of methoxy groups -OCH3 is 1. The molecule has 7 nitrogen and oxygen atoms in total. The van der Waals surface area contributed by atoms with Crippen LogP contribution in [0.4, 0.5) is 15.8 Å². The largest absolute Gasteiger partial charge is 0.497 e. The molecule has 8 heteroatoms. The minimum absolute atomic E-state index is 0.131. The minimum atomic E-state index is -0.876. The van der Waals surface area contributed by atoms with Crippen molar-refractivity contribution in [2.45, 2.75) is 25.4 Å². The van der Waals surface area contributed by atoms with Crippen LogP contribution in [0.2, 0.25) is 0 Å². The molecule has 1 aromatic carbocycles. The number of nitro groups is 1. The molecule has 0 spiro atoms. The fraction of sp³-hybridized carbons (Fsp3) is 0.647. The van der Waals surface area contributed by atoms with E-state index in [0.717, 1.165) is 38.5 Å². The van der Waals surface area contributed by atoms with Gasteiger partial charge in [0, 0.05) is 37.7 Å². The van der Waals surface area contributed by atoms with Gasteiger partial charge in [-0.3, -0.25) is 10.1 Å². The highest BCUT2D eigenvalue weighted by atomic mass is 19.1. The Hall–Kier alpha value is -1.93. The average Bonchev–Trinajstić information content (AvgIpc) is 3.13. The minimum Gasteiger partial charge on any atom is -0.497 e. The number of nitro benzene ring substituents is 1. The summed E-state index contributed by atoms with van der Waals surface area (Å²) in [4.78, 5) is 12.4. The average molecular weight is 354 g/mol. The van der Waals surface area contributed by atoms with Crippen molar-refractivity contribution in [1.29, 1.82) is 0 Å². The predicted octanol–water partition coefficient (Wildman–Crippen LogP) is 2.76. The highest BCUT2D eigenvalue weighted by Gasteiger charge is 2.29. The third-order valence-electron chi connectivity index (χ3n) is 4.81. The number of piperidine rings is 1. The van der Waals surface area contributed by atoms with E-state index in [9.17, 15) is 14.5 Å². The first kappa shape index (κ1) is 17.9. The molecule has 0 aromatic heterocycles. The zero-order valence-electron chi connectivity index (χ0n) is 14.3. The van der Waals surface area contributed by atoms with E-state index in [1.165, 1.54) is 13.2 Å². The van der Waals surface area contributed by atoms with Gasteiger partial charge in [-0.05, 0) is 19.3 Å². The van der Waals surface area contributed by atoms with Gasteiger partial charge in [0.15, 0.2) is 0 Å². The summed E-state index contributed by atoms with van der Waals surface area (Å²) in [5.74, 6) is -0.136. The van der Waals surface area contributed by atoms with Crippen LogP contribution in [-0.4, -0.2) is 51.0 Å². The summed E-state index contributed by atoms with van der Waals surface area (Å²) in [7, 11) is 1.41. The number of rotatable bonds is 6. The Labute approximate surface area is 145 Å². The lowest BCUT2D eigenvalue weighted by atomic mass is 10.1. The maximum Gasteiger partial charge on any atom is 0.328 e. The van der Waals surface area contributed by atoms with Crippen LogP contribution < -0.4 is 9.64 Å². The fourth-order valence-corrected chi connectivity index (χ4v) is 3.35. The Morgan fingerprint density at radius 1 is 1.36 bits per heavy atom. The van der Waals surface area contributed by atoms with E-state index in [0.29, 0.717) is 25.6 Å². The van der Waals surface area contributed by atoms with Crippen LogP contribution in [0.25, 0.3) is 0 Å². The van der Waals surface area contributed by atoms with E-state index in [4.69, 9.17) is 14.2 Å². The van der Waals surface area contributed by atoms with Gasteiger partial charge in [0.1, 0.15) is 11.4 Å². The second kappa shape index (κ2) is 7.97. The molecule has 1 unspecified atom stereocenters. The molecule has 0 N–H and O–H groups in total. The molecular formula is C17H23FN2O5. The zero-order chi connectivity index (χ0) is 17.8. The molecule has 0 bridgehead atoms. The van der Waals surface area contributed by atoms with Gasteiger partial charge >= 0.3 is 5.69 Å². The topological polar surface area (TPSA) is 74.1 Å². The number of ether oxygens (including phenoxy) is 3. The number of anilines is 1. The van der Waals surface area contributed by atoms with Crippen molar-refractivity contribution in [3.05, 3.63) is 28.1 Å². The number of nitrogens with zero attached hydrogens (tertiary/aromatic N) is 2. The highest BCUT2D eigenvalue weighted by molar-refractivity contribution is 5.66. The first-order valence-corrected chi connectivity index (χ1v) is 8.54. The van der Waals surface area contributed by atoms with Gasteiger partial charge in [0.2, 0.25) is 5.82 Å². The summed E-state index contributed by atoms with van der Waals surface area (Å²) in [5.41, 5.74) is -0.229. The van der Waals surface area contributed by atoms with Crippen molar-refractivity contribution < 1.29 is 23.5 Å².